The molecule has 0 aromatic carbocycles. The molecule has 0 aromatic heterocycles. The van der Waals surface area contributed by atoms with Gasteiger partial charge in [-0.2, -0.15) is 23.5 Å². The van der Waals surface area contributed by atoms with Gasteiger partial charge in [0.2, 0.25) is 0 Å². The zero-order valence-electron chi connectivity index (χ0n) is 35.9. The van der Waals surface area contributed by atoms with Crippen molar-refractivity contribution >= 4 is 41.1 Å². The van der Waals surface area contributed by atoms with Crippen LogP contribution in [-0.2, 0) is 37.9 Å². The highest BCUT2D eigenvalue weighted by molar-refractivity contribution is 8.00. The number of aliphatic hydroxyl groups excluding tert-OH is 11. The van der Waals surface area contributed by atoms with Gasteiger partial charge in [-0.25, -0.2) is 0 Å². The maximum atomic E-state index is 11.3. The summed E-state index contributed by atoms with van der Waals surface area (Å²) in [6.45, 7) is -1.14. The first-order chi connectivity index (χ1) is 30.6. The van der Waals surface area contributed by atoms with Gasteiger partial charge in [0.15, 0.2) is 18.9 Å². The molecule has 1 aliphatic carbocycles. The van der Waals surface area contributed by atoms with Gasteiger partial charge in [0.1, 0.15) is 90.8 Å². The molecule has 23 nitrogen and oxygen atoms in total. The van der Waals surface area contributed by atoms with Crippen molar-refractivity contribution in [2.24, 2.45) is 16.5 Å². The van der Waals surface area contributed by atoms with Crippen LogP contribution in [0.3, 0.4) is 0 Å². The number of nitrogens with zero attached hydrogens (tertiary/aromatic N) is 1. The van der Waals surface area contributed by atoms with E-state index in [4.69, 9.17) is 49.4 Å². The number of thioether (sulfide) groups is 3. The van der Waals surface area contributed by atoms with Gasteiger partial charge in [-0.1, -0.05) is 0 Å². The lowest BCUT2D eigenvalue weighted by Crippen LogP contribution is -2.63. The van der Waals surface area contributed by atoms with Crippen LogP contribution >= 0.6 is 35.3 Å². The molecule has 16 N–H and O–H groups in total. The fourth-order valence-electron chi connectivity index (χ4n) is 7.56. The molecule has 0 spiro atoms. The molecule has 4 aliphatic rings. The van der Waals surface area contributed by atoms with Crippen LogP contribution in [0.15, 0.2) is 4.99 Å². The smallest absolute Gasteiger partial charge is 0.187 e. The Balaban J connectivity index is 1.29. The van der Waals surface area contributed by atoms with Gasteiger partial charge in [0, 0.05) is 50.2 Å². The molecule has 0 aromatic rings. The Hall–Kier alpha value is -0.320. The number of aliphatic hydroxyl groups is 12. The summed E-state index contributed by atoms with van der Waals surface area (Å²) in [5.74, 6) is 3.25. The van der Waals surface area contributed by atoms with E-state index in [1.54, 1.807) is 23.5 Å². The third-order valence-corrected chi connectivity index (χ3v) is 15.0. The molecule has 19 atom stereocenters. The Morgan fingerprint density at radius 1 is 0.672 bits per heavy atom. The fourth-order valence-corrected chi connectivity index (χ4v) is 10.3. The Labute approximate surface area is 385 Å². The molecule has 1 saturated carbocycles. The van der Waals surface area contributed by atoms with Crippen LogP contribution in [0.25, 0.3) is 0 Å². The predicted octanol–water partition coefficient (Wildman–Crippen LogP) is -5.97. The second-order valence-corrected chi connectivity index (χ2v) is 19.6. The second kappa shape index (κ2) is 28.4. The van der Waals surface area contributed by atoms with E-state index in [0.29, 0.717) is 55.4 Å². The maximum absolute atomic E-state index is 11.3. The van der Waals surface area contributed by atoms with Crippen LogP contribution in [0.1, 0.15) is 25.7 Å². The maximum Gasteiger partial charge on any atom is 0.187 e. The minimum absolute atomic E-state index is 0.0951. The van der Waals surface area contributed by atoms with Crippen LogP contribution in [0.2, 0.25) is 0 Å². The number of rotatable bonds is 27. The molecule has 376 valence electrons. The Morgan fingerprint density at radius 2 is 1.20 bits per heavy atom. The summed E-state index contributed by atoms with van der Waals surface area (Å²) in [5.41, 5.74) is 9.77. The van der Waals surface area contributed by atoms with E-state index in [9.17, 15) is 61.3 Å². The summed E-state index contributed by atoms with van der Waals surface area (Å²) < 4.78 is 46.2. The van der Waals surface area contributed by atoms with Gasteiger partial charge in [0.05, 0.1) is 38.3 Å². The van der Waals surface area contributed by atoms with Gasteiger partial charge >= 0.3 is 0 Å². The monoisotopic (exact) mass is 985 g/mol. The van der Waals surface area contributed by atoms with E-state index in [2.05, 4.69) is 4.99 Å². The number of methoxy groups -OCH3 is 1. The lowest BCUT2D eigenvalue weighted by atomic mass is 9.80. The summed E-state index contributed by atoms with van der Waals surface area (Å²) in [7, 11) is 1.25. The number of hydrogen-bond donors (Lipinski definition) is 14. The molecular weight excluding hydrogens is 915 g/mol. The highest BCUT2D eigenvalue weighted by atomic mass is 32.2. The minimum atomic E-state index is -1.85. The lowest BCUT2D eigenvalue weighted by Gasteiger charge is -2.45. The van der Waals surface area contributed by atoms with Crippen LogP contribution < -0.4 is 11.5 Å². The van der Waals surface area contributed by atoms with Crippen molar-refractivity contribution in [3.05, 3.63) is 0 Å². The van der Waals surface area contributed by atoms with Gasteiger partial charge in [-0.3, -0.25) is 4.99 Å². The minimum Gasteiger partial charge on any atom is -0.394 e. The molecule has 4 rings (SSSR count). The Bertz CT molecular complexity index is 1340. The largest absolute Gasteiger partial charge is 0.394 e. The highest BCUT2D eigenvalue weighted by Gasteiger charge is 2.52. The third-order valence-electron chi connectivity index (χ3n) is 11.4. The molecule has 4 fully saturated rings. The van der Waals surface area contributed by atoms with Crippen molar-refractivity contribution < 1.29 is 99.2 Å². The first-order valence-electron chi connectivity index (χ1n) is 21.4. The number of nitrogens with two attached hydrogens (primary N) is 2. The van der Waals surface area contributed by atoms with Crippen LogP contribution in [0, 0.1) is 0 Å². The first kappa shape index (κ1) is 56.3. The predicted molar refractivity (Wildman–Crippen MR) is 232 cm³/mol. The lowest BCUT2D eigenvalue weighted by molar-refractivity contribution is -0.347. The SMILES string of the molecule is COC1OC(COC2OC(COC3OC(CO)C(O)C(O)C3OCCCSCCN=C(N)CSC3CCC(O)C(O)C3(O)CO)C(O)C(O)C2OCCCSCCN)C(O)C(O)C1O. The van der Waals surface area contributed by atoms with Crippen LogP contribution in [0.5, 0.6) is 0 Å². The van der Waals surface area contributed by atoms with Gasteiger partial charge in [0.25, 0.3) is 0 Å². The number of hydrogen-bond acceptors (Lipinski definition) is 25. The quantitative estimate of drug-likeness (QED) is 0.0207. The average Bonchev–Trinajstić information content (AvgIpc) is 3.29. The molecule has 0 radical (unpaired) electrons. The molecule has 0 amide bonds. The van der Waals surface area contributed by atoms with E-state index in [-0.39, 0.29) is 25.4 Å². The van der Waals surface area contributed by atoms with E-state index in [1.165, 1.54) is 18.9 Å². The molecule has 64 heavy (non-hydrogen) atoms. The molecule has 26 heteroatoms. The molecule has 3 heterocycles. The van der Waals surface area contributed by atoms with E-state index >= 15 is 0 Å². The van der Waals surface area contributed by atoms with E-state index in [0.717, 1.165) is 5.75 Å². The molecule has 19 unspecified atom stereocenters. The van der Waals surface area contributed by atoms with Gasteiger partial charge in [-0.15, -0.1) is 11.8 Å². The fraction of sp³-hybridized carbons (Fsp3) is 0.974. The third kappa shape index (κ3) is 15.3. The van der Waals surface area contributed by atoms with Crippen molar-refractivity contribution in [1.82, 2.24) is 0 Å². The normalized spacial score (nSPS) is 41.1. The second-order valence-electron chi connectivity index (χ2n) is 16.0. The number of ether oxygens (including phenoxy) is 8. The first-order valence-corrected chi connectivity index (χ1v) is 24.8. The zero-order chi connectivity index (χ0) is 47.0. The summed E-state index contributed by atoms with van der Waals surface area (Å²) >= 11 is 4.42. The standard InChI is InChI=1S/C38H71N3O20S3/c1-54-35-31(51)28(48)26(46)21(60-35)15-58-37-33(56-8-2-10-62-12-6-39)30(50)27(47)22(61-37)16-57-36-32(29(49)25(45)20(14-42)59-36)55-9-3-11-63-13-7-41-24(40)17-64-23-5-4-19(44)34(52)38(23,53)18-43/h19-23,25-37,42-53H,2-18,39H2,1H3,(H2,40,41). The van der Waals surface area contributed by atoms with Gasteiger partial charge < -0.3 is 111 Å². The topological polar surface area (TPSA) is 381 Å². The van der Waals surface area contributed by atoms with E-state index < -0.39 is 142 Å². The summed E-state index contributed by atoms with van der Waals surface area (Å²) in [5, 5.41) is 125. The Morgan fingerprint density at radius 3 is 1.75 bits per heavy atom. The van der Waals surface area contributed by atoms with Crippen LogP contribution in [-0.4, -0.2) is 271 Å². The van der Waals surface area contributed by atoms with Crippen LogP contribution in [0.4, 0.5) is 0 Å². The number of amidine groups is 1. The van der Waals surface area contributed by atoms with Crippen molar-refractivity contribution in [3.63, 3.8) is 0 Å². The van der Waals surface area contributed by atoms with E-state index in [1.807, 2.05) is 0 Å². The number of aliphatic imine (C=N–C) groups is 1. The molecule has 3 saturated heterocycles. The summed E-state index contributed by atoms with van der Waals surface area (Å²) in [4.78, 5) is 4.35. The van der Waals surface area contributed by atoms with Crippen molar-refractivity contribution in [2.75, 3.05) is 88.6 Å². The highest BCUT2D eigenvalue weighted by Crippen LogP contribution is 2.37. The van der Waals surface area contributed by atoms with Crippen molar-refractivity contribution in [1.29, 1.82) is 0 Å². The molecule has 3 aliphatic heterocycles. The average molecular weight is 986 g/mol. The summed E-state index contributed by atoms with van der Waals surface area (Å²) in [6.07, 6.45) is -22.2. The van der Waals surface area contributed by atoms with Gasteiger partial charge in [-0.05, 0) is 37.2 Å². The summed E-state index contributed by atoms with van der Waals surface area (Å²) in [6, 6.07) is 0. The van der Waals surface area contributed by atoms with Crippen molar-refractivity contribution in [2.45, 2.75) is 141 Å². The molecule has 0 bridgehead atoms. The van der Waals surface area contributed by atoms with Crippen molar-refractivity contribution in [3.8, 4) is 0 Å². The molecular formula is C38H71N3O20S3. The zero-order valence-corrected chi connectivity index (χ0v) is 38.3. The Kier molecular flexibility index (Phi) is 24.9.